The molecule has 1 aliphatic rings. The van der Waals surface area contributed by atoms with E-state index < -0.39 is 20.7 Å². The summed E-state index contributed by atoms with van der Waals surface area (Å²) in [7, 11) is -3.96. The van der Waals surface area contributed by atoms with Crippen LogP contribution in [0.2, 0.25) is 5.02 Å². The molecular formula is C12H13BrClFN2O2S. The van der Waals surface area contributed by atoms with Crippen molar-refractivity contribution in [2.75, 3.05) is 18.8 Å². The first kappa shape index (κ1) is 15.8. The molecule has 0 radical (unpaired) electrons. The summed E-state index contributed by atoms with van der Waals surface area (Å²) in [6, 6.07) is 1.08. The minimum atomic E-state index is -3.96. The summed E-state index contributed by atoms with van der Waals surface area (Å²) in [4.78, 5) is -0.488. The molecule has 1 aliphatic heterocycles. The molecule has 110 valence electrons. The number of halogens is 3. The fourth-order valence-electron chi connectivity index (χ4n) is 2.01. The predicted octanol–water partition coefficient (Wildman–Crippen LogP) is 3.16. The van der Waals surface area contributed by atoms with E-state index in [1.54, 1.807) is 0 Å². The first-order chi connectivity index (χ1) is 9.25. The number of benzene rings is 1. The fourth-order valence-corrected chi connectivity index (χ4v) is 4.17. The molecule has 0 atom stereocenters. The highest BCUT2D eigenvalue weighted by Gasteiger charge is 2.31. The van der Waals surface area contributed by atoms with Crippen LogP contribution in [0.15, 0.2) is 27.1 Å². The van der Waals surface area contributed by atoms with E-state index in [1.165, 1.54) is 4.31 Å². The van der Waals surface area contributed by atoms with Crippen LogP contribution in [0.1, 0.15) is 13.3 Å². The second-order valence-corrected chi connectivity index (χ2v) is 7.68. The van der Waals surface area contributed by atoms with E-state index in [0.29, 0.717) is 13.0 Å². The number of sulfonamides is 1. The number of hydrogen-bond acceptors (Lipinski definition) is 3. The molecule has 1 aromatic carbocycles. The van der Waals surface area contributed by atoms with Crippen molar-refractivity contribution in [1.82, 2.24) is 4.31 Å². The maximum Gasteiger partial charge on any atom is 0.246 e. The highest BCUT2D eigenvalue weighted by atomic mass is 79.9. The van der Waals surface area contributed by atoms with Crippen LogP contribution in [0.25, 0.3) is 0 Å². The zero-order chi connectivity index (χ0) is 15.1. The molecule has 1 aromatic rings. The first-order valence-electron chi connectivity index (χ1n) is 5.84. The van der Waals surface area contributed by atoms with Crippen LogP contribution in [-0.4, -0.2) is 25.8 Å². The van der Waals surface area contributed by atoms with Crippen LogP contribution >= 0.6 is 27.5 Å². The highest BCUT2D eigenvalue weighted by molar-refractivity contribution is 9.10. The molecule has 0 saturated carbocycles. The molecular weight excluding hydrogens is 371 g/mol. The Hall–Kier alpha value is -0.630. The minimum absolute atomic E-state index is 0.0618. The van der Waals surface area contributed by atoms with Crippen LogP contribution in [0.4, 0.5) is 10.1 Å². The molecule has 8 heteroatoms. The van der Waals surface area contributed by atoms with Gasteiger partial charge in [0, 0.05) is 13.1 Å². The molecule has 4 nitrogen and oxygen atoms in total. The Balaban J connectivity index is 2.53. The molecule has 2 N–H and O–H groups in total. The third-order valence-electron chi connectivity index (χ3n) is 3.07. The van der Waals surface area contributed by atoms with Crippen LogP contribution in [0.3, 0.4) is 0 Å². The summed E-state index contributed by atoms with van der Waals surface area (Å²) in [5, 5.41) is 0.0618. The smallest absolute Gasteiger partial charge is 0.246 e. The Morgan fingerprint density at radius 1 is 1.50 bits per heavy atom. The van der Waals surface area contributed by atoms with Gasteiger partial charge in [0.15, 0.2) is 5.82 Å². The molecule has 0 aromatic heterocycles. The molecule has 0 unspecified atom stereocenters. The van der Waals surface area contributed by atoms with Gasteiger partial charge >= 0.3 is 0 Å². The van der Waals surface area contributed by atoms with Gasteiger partial charge in [-0.2, -0.15) is 4.31 Å². The lowest BCUT2D eigenvalue weighted by Crippen LogP contribution is -2.36. The van der Waals surface area contributed by atoms with Crippen molar-refractivity contribution >= 4 is 43.2 Å². The lowest BCUT2D eigenvalue weighted by atomic mass is 10.2. The quantitative estimate of drug-likeness (QED) is 0.485. The van der Waals surface area contributed by atoms with Gasteiger partial charge in [-0.1, -0.05) is 23.3 Å². The van der Waals surface area contributed by atoms with Crippen LogP contribution < -0.4 is 5.73 Å². The number of anilines is 1. The number of nitrogen functional groups attached to an aromatic ring is 1. The summed E-state index contributed by atoms with van der Waals surface area (Å²) in [5.41, 5.74) is 6.16. The largest absolute Gasteiger partial charge is 0.395 e. The number of nitrogens with zero attached hydrogens (tertiary/aromatic N) is 1. The van der Waals surface area contributed by atoms with Crippen LogP contribution in [0.5, 0.6) is 0 Å². The molecule has 0 aliphatic carbocycles. The van der Waals surface area contributed by atoms with Gasteiger partial charge < -0.3 is 5.73 Å². The fraction of sp³-hybridized carbons (Fsp3) is 0.333. The molecule has 0 bridgehead atoms. The average molecular weight is 384 g/mol. The topological polar surface area (TPSA) is 63.4 Å². The van der Waals surface area contributed by atoms with Crippen molar-refractivity contribution in [2.24, 2.45) is 0 Å². The van der Waals surface area contributed by atoms with E-state index in [4.69, 9.17) is 17.3 Å². The van der Waals surface area contributed by atoms with Crippen molar-refractivity contribution < 1.29 is 12.8 Å². The third kappa shape index (κ3) is 2.72. The van der Waals surface area contributed by atoms with E-state index in [9.17, 15) is 12.8 Å². The van der Waals surface area contributed by atoms with E-state index in [2.05, 4.69) is 15.9 Å². The highest BCUT2D eigenvalue weighted by Crippen LogP contribution is 2.36. The van der Waals surface area contributed by atoms with E-state index >= 15 is 0 Å². The second-order valence-electron chi connectivity index (χ2n) is 4.58. The van der Waals surface area contributed by atoms with Crippen molar-refractivity contribution in [3.05, 3.63) is 33.0 Å². The van der Waals surface area contributed by atoms with Gasteiger partial charge in [-0.3, -0.25) is 0 Å². The van der Waals surface area contributed by atoms with Crippen molar-refractivity contribution in [3.8, 4) is 0 Å². The summed E-state index contributed by atoms with van der Waals surface area (Å²) >= 11 is 8.90. The minimum Gasteiger partial charge on any atom is -0.395 e. The van der Waals surface area contributed by atoms with Gasteiger partial charge in [-0.25, -0.2) is 12.8 Å². The van der Waals surface area contributed by atoms with Gasteiger partial charge in [-0.15, -0.1) is 0 Å². The molecule has 0 amide bonds. The molecule has 0 spiro atoms. The molecule has 2 rings (SSSR count). The monoisotopic (exact) mass is 382 g/mol. The van der Waals surface area contributed by atoms with E-state index in [-0.39, 0.29) is 21.7 Å². The lowest BCUT2D eigenvalue weighted by Gasteiger charge is -2.26. The molecule has 1 heterocycles. The predicted molar refractivity (Wildman–Crippen MR) is 80.7 cm³/mol. The maximum atomic E-state index is 14.2. The first-order valence-corrected chi connectivity index (χ1v) is 8.45. The van der Waals surface area contributed by atoms with Gasteiger partial charge in [0.1, 0.15) is 4.90 Å². The van der Waals surface area contributed by atoms with Gasteiger partial charge in [0.2, 0.25) is 10.0 Å². The zero-order valence-electron chi connectivity index (χ0n) is 10.7. The summed E-state index contributed by atoms with van der Waals surface area (Å²) < 4.78 is 40.5. The Morgan fingerprint density at radius 2 is 2.15 bits per heavy atom. The summed E-state index contributed by atoms with van der Waals surface area (Å²) in [6.07, 6.45) is 2.57. The molecule has 20 heavy (non-hydrogen) atoms. The van der Waals surface area contributed by atoms with Crippen molar-refractivity contribution in [2.45, 2.75) is 18.2 Å². The van der Waals surface area contributed by atoms with Crippen LogP contribution in [-0.2, 0) is 10.0 Å². The van der Waals surface area contributed by atoms with Crippen molar-refractivity contribution in [3.63, 3.8) is 0 Å². The van der Waals surface area contributed by atoms with Gasteiger partial charge in [0.25, 0.3) is 0 Å². The zero-order valence-corrected chi connectivity index (χ0v) is 13.8. The third-order valence-corrected chi connectivity index (χ3v) is 6.30. The second kappa shape index (κ2) is 5.63. The Kier molecular flexibility index (Phi) is 4.44. The Bertz CT molecular complexity index is 691. The van der Waals surface area contributed by atoms with Gasteiger partial charge in [0.05, 0.1) is 15.2 Å². The van der Waals surface area contributed by atoms with Crippen LogP contribution in [0, 0.1) is 5.82 Å². The molecule has 0 saturated heterocycles. The molecule has 0 fully saturated rings. The maximum absolute atomic E-state index is 14.2. The van der Waals surface area contributed by atoms with Crippen molar-refractivity contribution in [1.29, 1.82) is 0 Å². The SMILES string of the molecule is CC1=CCCN(S(=O)(=O)c2cc(Cl)c(Br)c(N)c2F)C1. The standard InChI is InChI=1S/C12H13BrClFN2O2S/c1-7-3-2-4-17(6-7)20(18,19)9-5-8(14)10(13)12(16)11(9)15/h3,5H,2,4,6,16H2,1H3. The Morgan fingerprint density at radius 3 is 2.75 bits per heavy atom. The Labute approximate surface area is 130 Å². The summed E-state index contributed by atoms with van der Waals surface area (Å²) in [6.45, 7) is 2.39. The van der Waals surface area contributed by atoms with Gasteiger partial charge in [-0.05, 0) is 35.3 Å². The summed E-state index contributed by atoms with van der Waals surface area (Å²) in [5.74, 6) is -0.978. The number of nitrogens with two attached hydrogens (primary N) is 1. The number of rotatable bonds is 2. The van der Waals surface area contributed by atoms with E-state index in [0.717, 1.165) is 11.6 Å². The normalized spacial score (nSPS) is 17.1. The lowest BCUT2D eigenvalue weighted by molar-refractivity contribution is 0.424. The van der Waals surface area contributed by atoms with E-state index in [1.807, 2.05) is 13.0 Å². The average Bonchev–Trinajstić information content (AvgIpc) is 2.40. The number of hydrogen-bond donors (Lipinski definition) is 1.